The SMILES string of the molecule is CN(C)CC(=O)N[C@@H]1CC(=O)N(C)[C@H]1c1ccnn1C. The van der Waals surface area contributed by atoms with Crippen molar-refractivity contribution in [3.05, 3.63) is 18.0 Å². The summed E-state index contributed by atoms with van der Waals surface area (Å²) in [6.07, 6.45) is 2.02. The molecule has 2 atom stereocenters. The Hall–Kier alpha value is -1.89. The van der Waals surface area contributed by atoms with Crippen molar-refractivity contribution in [3.8, 4) is 0 Å². The third-order valence-corrected chi connectivity index (χ3v) is 3.55. The maximum Gasteiger partial charge on any atom is 0.234 e. The molecule has 1 aromatic heterocycles. The van der Waals surface area contributed by atoms with Gasteiger partial charge in [-0.2, -0.15) is 5.10 Å². The Kier molecular flexibility index (Phi) is 4.08. The molecule has 1 aliphatic heterocycles. The maximum absolute atomic E-state index is 11.9. The Morgan fingerprint density at radius 1 is 1.50 bits per heavy atom. The van der Waals surface area contributed by atoms with Gasteiger partial charge in [0, 0.05) is 26.7 Å². The molecule has 7 heteroatoms. The first kappa shape index (κ1) is 14.5. The van der Waals surface area contributed by atoms with Gasteiger partial charge in [-0.3, -0.25) is 14.3 Å². The van der Waals surface area contributed by atoms with Crippen molar-refractivity contribution < 1.29 is 9.59 Å². The van der Waals surface area contributed by atoms with Gasteiger partial charge in [0.05, 0.1) is 24.3 Å². The molecule has 0 unspecified atom stereocenters. The summed E-state index contributed by atoms with van der Waals surface area (Å²) in [7, 11) is 7.27. The van der Waals surface area contributed by atoms with Crippen LogP contribution in [0.1, 0.15) is 18.2 Å². The highest BCUT2D eigenvalue weighted by Gasteiger charge is 2.40. The highest BCUT2D eigenvalue weighted by molar-refractivity contribution is 5.83. The number of likely N-dealkylation sites (tertiary alicyclic amines) is 1. The van der Waals surface area contributed by atoms with E-state index in [0.717, 1.165) is 5.69 Å². The van der Waals surface area contributed by atoms with Crippen LogP contribution in [0.25, 0.3) is 0 Å². The second-order valence-corrected chi connectivity index (χ2v) is 5.45. The number of aryl methyl sites for hydroxylation is 1. The molecule has 1 fully saturated rings. The van der Waals surface area contributed by atoms with Gasteiger partial charge < -0.3 is 15.1 Å². The zero-order valence-electron chi connectivity index (χ0n) is 12.3. The Balaban J connectivity index is 2.16. The van der Waals surface area contributed by atoms with E-state index in [1.54, 1.807) is 27.7 Å². The van der Waals surface area contributed by atoms with E-state index >= 15 is 0 Å². The molecule has 2 heterocycles. The van der Waals surface area contributed by atoms with Gasteiger partial charge in [-0.25, -0.2) is 0 Å². The van der Waals surface area contributed by atoms with Crippen molar-refractivity contribution in [1.82, 2.24) is 24.9 Å². The third-order valence-electron chi connectivity index (χ3n) is 3.55. The number of hydrogen-bond acceptors (Lipinski definition) is 4. The lowest BCUT2D eigenvalue weighted by molar-refractivity contribution is -0.127. The zero-order chi connectivity index (χ0) is 14.9. The number of carbonyl (C=O) groups excluding carboxylic acids is 2. The molecule has 1 saturated heterocycles. The van der Waals surface area contributed by atoms with Crippen molar-refractivity contribution in [2.24, 2.45) is 7.05 Å². The number of nitrogens with zero attached hydrogens (tertiary/aromatic N) is 4. The summed E-state index contributed by atoms with van der Waals surface area (Å²) in [5.41, 5.74) is 0.925. The molecular weight excluding hydrogens is 258 g/mol. The van der Waals surface area contributed by atoms with Gasteiger partial charge in [0.1, 0.15) is 0 Å². The largest absolute Gasteiger partial charge is 0.349 e. The molecule has 0 bridgehead atoms. The number of amides is 2. The summed E-state index contributed by atoms with van der Waals surface area (Å²) >= 11 is 0. The summed E-state index contributed by atoms with van der Waals surface area (Å²) in [5, 5.41) is 7.09. The number of likely N-dealkylation sites (N-methyl/N-ethyl adjacent to an activating group) is 2. The second kappa shape index (κ2) is 5.62. The van der Waals surface area contributed by atoms with Gasteiger partial charge in [0.25, 0.3) is 0 Å². The lowest BCUT2D eigenvalue weighted by Crippen LogP contribution is -2.43. The van der Waals surface area contributed by atoms with Crippen molar-refractivity contribution in [1.29, 1.82) is 0 Å². The highest BCUT2D eigenvalue weighted by atomic mass is 16.2. The summed E-state index contributed by atoms with van der Waals surface area (Å²) in [6.45, 7) is 0.312. The second-order valence-electron chi connectivity index (χ2n) is 5.45. The van der Waals surface area contributed by atoms with Gasteiger partial charge in [-0.15, -0.1) is 0 Å². The number of aromatic nitrogens is 2. The molecule has 0 aromatic carbocycles. The number of rotatable bonds is 4. The molecule has 0 radical (unpaired) electrons. The van der Waals surface area contributed by atoms with Crippen LogP contribution in [-0.4, -0.2) is 65.1 Å². The quantitative estimate of drug-likeness (QED) is 0.796. The van der Waals surface area contributed by atoms with E-state index in [2.05, 4.69) is 10.4 Å². The molecule has 0 saturated carbocycles. The average Bonchev–Trinajstić information content (AvgIpc) is 2.84. The Morgan fingerprint density at radius 2 is 2.20 bits per heavy atom. The lowest BCUT2D eigenvalue weighted by atomic mass is 10.1. The van der Waals surface area contributed by atoms with E-state index in [1.807, 2.05) is 27.2 Å². The monoisotopic (exact) mass is 279 g/mol. The van der Waals surface area contributed by atoms with Crippen LogP contribution in [0.3, 0.4) is 0 Å². The molecule has 20 heavy (non-hydrogen) atoms. The van der Waals surface area contributed by atoms with Crippen molar-refractivity contribution in [2.45, 2.75) is 18.5 Å². The fourth-order valence-electron chi connectivity index (χ4n) is 2.62. The summed E-state index contributed by atoms with van der Waals surface area (Å²) in [6, 6.07) is 1.50. The molecule has 1 aliphatic rings. The lowest BCUT2D eigenvalue weighted by Gasteiger charge is -2.26. The minimum atomic E-state index is -0.213. The van der Waals surface area contributed by atoms with E-state index in [-0.39, 0.29) is 23.9 Å². The Bertz CT molecular complexity index is 511. The van der Waals surface area contributed by atoms with Crippen LogP contribution < -0.4 is 5.32 Å². The number of nitrogens with one attached hydrogen (secondary N) is 1. The fraction of sp³-hybridized carbons (Fsp3) is 0.615. The van der Waals surface area contributed by atoms with E-state index < -0.39 is 0 Å². The topological polar surface area (TPSA) is 70.5 Å². The van der Waals surface area contributed by atoms with Crippen molar-refractivity contribution in [3.63, 3.8) is 0 Å². The summed E-state index contributed by atoms with van der Waals surface area (Å²) in [5.74, 6) is -0.0402. The fourth-order valence-corrected chi connectivity index (χ4v) is 2.62. The van der Waals surface area contributed by atoms with Crippen molar-refractivity contribution >= 4 is 11.8 Å². The number of carbonyl (C=O) groups is 2. The predicted octanol–water partition coefficient (Wildman–Crippen LogP) is -0.630. The first-order chi connectivity index (χ1) is 9.40. The van der Waals surface area contributed by atoms with Crippen LogP contribution >= 0.6 is 0 Å². The molecule has 0 spiro atoms. The van der Waals surface area contributed by atoms with Gasteiger partial charge in [-0.05, 0) is 20.2 Å². The van der Waals surface area contributed by atoms with Crippen LogP contribution in [-0.2, 0) is 16.6 Å². The molecule has 1 N–H and O–H groups in total. The summed E-state index contributed by atoms with van der Waals surface area (Å²) in [4.78, 5) is 27.3. The smallest absolute Gasteiger partial charge is 0.234 e. The summed E-state index contributed by atoms with van der Waals surface area (Å²) < 4.78 is 1.74. The predicted molar refractivity (Wildman–Crippen MR) is 73.8 cm³/mol. The first-order valence-electron chi connectivity index (χ1n) is 6.57. The van der Waals surface area contributed by atoms with Crippen LogP contribution in [0.15, 0.2) is 12.3 Å². The average molecular weight is 279 g/mol. The van der Waals surface area contributed by atoms with Gasteiger partial charge in [0.2, 0.25) is 11.8 Å². The molecule has 110 valence electrons. The first-order valence-corrected chi connectivity index (χ1v) is 6.57. The van der Waals surface area contributed by atoms with Gasteiger partial charge in [-0.1, -0.05) is 0 Å². The highest BCUT2D eigenvalue weighted by Crippen LogP contribution is 2.31. The van der Waals surface area contributed by atoms with E-state index in [0.29, 0.717) is 13.0 Å². The third kappa shape index (κ3) is 2.82. The van der Waals surface area contributed by atoms with Gasteiger partial charge in [0.15, 0.2) is 0 Å². The molecular formula is C13H21N5O2. The number of hydrogen-bond donors (Lipinski definition) is 1. The zero-order valence-corrected chi connectivity index (χ0v) is 12.3. The minimum Gasteiger partial charge on any atom is -0.349 e. The van der Waals surface area contributed by atoms with E-state index in [1.165, 1.54) is 0 Å². The molecule has 1 aromatic rings. The Morgan fingerprint density at radius 3 is 2.75 bits per heavy atom. The van der Waals surface area contributed by atoms with Crippen molar-refractivity contribution in [2.75, 3.05) is 27.7 Å². The van der Waals surface area contributed by atoms with Crippen LogP contribution in [0.5, 0.6) is 0 Å². The minimum absolute atomic E-state index is 0.0337. The van der Waals surface area contributed by atoms with E-state index in [4.69, 9.17) is 0 Å². The normalized spacial score (nSPS) is 22.6. The van der Waals surface area contributed by atoms with Crippen LogP contribution in [0.4, 0.5) is 0 Å². The Labute approximate surface area is 118 Å². The molecule has 7 nitrogen and oxygen atoms in total. The van der Waals surface area contributed by atoms with E-state index in [9.17, 15) is 9.59 Å². The standard InChI is InChI=1S/C13H21N5O2/c1-16(2)8-11(19)15-9-7-12(20)17(3)13(9)10-5-6-14-18(10)4/h5-6,9,13H,7-8H2,1-4H3,(H,15,19)/t9-,13-/m1/s1. The van der Waals surface area contributed by atoms with Crippen LogP contribution in [0, 0.1) is 0 Å². The molecule has 0 aliphatic carbocycles. The molecule has 2 amide bonds. The van der Waals surface area contributed by atoms with Gasteiger partial charge >= 0.3 is 0 Å². The molecule has 2 rings (SSSR count). The van der Waals surface area contributed by atoms with Crippen LogP contribution in [0.2, 0.25) is 0 Å². The maximum atomic E-state index is 11.9.